The molecule has 1 aromatic heterocycles. The molecule has 0 bridgehead atoms. The summed E-state index contributed by atoms with van der Waals surface area (Å²) in [6.45, 7) is 6.06. The van der Waals surface area contributed by atoms with Crippen LogP contribution in [0.4, 0.5) is 0 Å². The van der Waals surface area contributed by atoms with E-state index in [4.69, 9.17) is 0 Å². The van der Waals surface area contributed by atoms with E-state index in [1.807, 2.05) is 11.3 Å². The summed E-state index contributed by atoms with van der Waals surface area (Å²) in [5.41, 5.74) is 1.58. The number of rotatable bonds is 2. The average Bonchev–Trinajstić information content (AvgIpc) is 2.93. The molecule has 3 heterocycles. The van der Waals surface area contributed by atoms with Crippen LogP contribution in [0.1, 0.15) is 36.2 Å². The van der Waals surface area contributed by atoms with E-state index in [0.29, 0.717) is 6.04 Å². The molecule has 2 nitrogen and oxygen atoms in total. The summed E-state index contributed by atoms with van der Waals surface area (Å²) in [4.78, 5) is 4.26. The maximum Gasteiger partial charge on any atom is 0.0331 e. The van der Waals surface area contributed by atoms with Gasteiger partial charge in [-0.05, 0) is 49.7 Å². The van der Waals surface area contributed by atoms with E-state index >= 15 is 0 Å². The van der Waals surface area contributed by atoms with Gasteiger partial charge in [0.1, 0.15) is 0 Å². The quantitative estimate of drug-likeness (QED) is 0.848. The van der Waals surface area contributed by atoms with Crippen LogP contribution in [0.15, 0.2) is 11.4 Å². The Kier molecular flexibility index (Phi) is 3.01. The van der Waals surface area contributed by atoms with Gasteiger partial charge in [0.2, 0.25) is 0 Å². The zero-order chi connectivity index (χ0) is 11.0. The molecule has 1 saturated heterocycles. The van der Waals surface area contributed by atoms with E-state index in [1.165, 1.54) is 38.9 Å². The molecule has 16 heavy (non-hydrogen) atoms. The van der Waals surface area contributed by atoms with Crippen molar-refractivity contribution in [1.29, 1.82) is 0 Å². The van der Waals surface area contributed by atoms with Gasteiger partial charge in [-0.1, -0.05) is 0 Å². The standard InChI is InChI=1S/C13H20N2S/c1-10-12-5-8-16-13(12)4-7-15(10)9-11-3-2-6-14-11/h5,8,10-11,14H,2-4,6-7,9H2,1H3. The number of thiophene rings is 1. The molecule has 88 valence electrons. The van der Waals surface area contributed by atoms with Crippen LogP contribution >= 0.6 is 11.3 Å². The topological polar surface area (TPSA) is 15.3 Å². The van der Waals surface area contributed by atoms with Crippen molar-refractivity contribution in [2.24, 2.45) is 0 Å². The molecule has 0 spiro atoms. The second-order valence-electron chi connectivity index (χ2n) is 5.01. The Hall–Kier alpha value is -0.380. The van der Waals surface area contributed by atoms with Crippen molar-refractivity contribution in [3.8, 4) is 0 Å². The van der Waals surface area contributed by atoms with Crippen molar-refractivity contribution >= 4 is 11.3 Å². The van der Waals surface area contributed by atoms with E-state index in [-0.39, 0.29) is 0 Å². The molecular formula is C13H20N2S. The second kappa shape index (κ2) is 4.47. The SMILES string of the molecule is CC1c2ccsc2CCN1CC1CCCN1. The number of fused-ring (bicyclic) bond motifs is 1. The van der Waals surface area contributed by atoms with Crippen LogP contribution in [0, 0.1) is 0 Å². The highest BCUT2D eigenvalue weighted by Crippen LogP contribution is 2.33. The molecule has 0 aromatic carbocycles. The van der Waals surface area contributed by atoms with Crippen LogP contribution in [0.5, 0.6) is 0 Å². The summed E-state index contributed by atoms with van der Waals surface area (Å²) in [6, 6.07) is 3.68. The third-order valence-corrected chi connectivity index (χ3v) is 5.02. The lowest BCUT2D eigenvalue weighted by Gasteiger charge is -2.35. The largest absolute Gasteiger partial charge is 0.313 e. The van der Waals surface area contributed by atoms with Gasteiger partial charge < -0.3 is 5.32 Å². The third-order valence-electron chi connectivity index (χ3n) is 4.02. The number of nitrogens with one attached hydrogen (secondary N) is 1. The number of nitrogens with zero attached hydrogens (tertiary/aromatic N) is 1. The van der Waals surface area contributed by atoms with Crippen molar-refractivity contribution in [1.82, 2.24) is 10.2 Å². The Morgan fingerprint density at radius 1 is 1.56 bits per heavy atom. The van der Waals surface area contributed by atoms with Gasteiger partial charge in [0.25, 0.3) is 0 Å². The van der Waals surface area contributed by atoms with Gasteiger partial charge in [-0.15, -0.1) is 11.3 Å². The molecule has 0 saturated carbocycles. The zero-order valence-corrected chi connectivity index (χ0v) is 10.7. The molecule has 2 unspecified atom stereocenters. The molecule has 3 heteroatoms. The summed E-state index contributed by atoms with van der Waals surface area (Å²) < 4.78 is 0. The van der Waals surface area contributed by atoms with Gasteiger partial charge in [0, 0.05) is 30.1 Å². The highest BCUT2D eigenvalue weighted by Gasteiger charge is 2.27. The maximum atomic E-state index is 3.60. The number of hydrogen-bond acceptors (Lipinski definition) is 3. The fraction of sp³-hybridized carbons (Fsp3) is 0.692. The summed E-state index contributed by atoms with van der Waals surface area (Å²) in [6.07, 6.45) is 3.97. The molecule has 1 aromatic rings. The van der Waals surface area contributed by atoms with Gasteiger partial charge >= 0.3 is 0 Å². The minimum absolute atomic E-state index is 0.623. The summed E-state index contributed by atoms with van der Waals surface area (Å²) in [7, 11) is 0. The number of hydrogen-bond donors (Lipinski definition) is 1. The van der Waals surface area contributed by atoms with Gasteiger partial charge in [-0.25, -0.2) is 0 Å². The minimum Gasteiger partial charge on any atom is -0.313 e. The molecule has 0 aliphatic carbocycles. The first-order valence-corrected chi connectivity index (χ1v) is 7.26. The van der Waals surface area contributed by atoms with Crippen LogP contribution in [-0.2, 0) is 6.42 Å². The lowest BCUT2D eigenvalue weighted by Crippen LogP contribution is -2.41. The Morgan fingerprint density at radius 3 is 3.31 bits per heavy atom. The lowest BCUT2D eigenvalue weighted by atomic mass is 10.0. The van der Waals surface area contributed by atoms with Crippen molar-refractivity contribution < 1.29 is 0 Å². The first-order chi connectivity index (χ1) is 7.84. The van der Waals surface area contributed by atoms with Crippen molar-refractivity contribution in [3.63, 3.8) is 0 Å². The van der Waals surface area contributed by atoms with Gasteiger partial charge in [0.05, 0.1) is 0 Å². The van der Waals surface area contributed by atoms with E-state index in [1.54, 1.807) is 10.4 Å². The predicted molar refractivity (Wildman–Crippen MR) is 69.0 cm³/mol. The van der Waals surface area contributed by atoms with Crippen LogP contribution in [0.25, 0.3) is 0 Å². The van der Waals surface area contributed by atoms with Gasteiger partial charge in [0.15, 0.2) is 0 Å². The van der Waals surface area contributed by atoms with Crippen LogP contribution in [0.3, 0.4) is 0 Å². The fourth-order valence-electron chi connectivity index (χ4n) is 3.01. The molecular weight excluding hydrogens is 216 g/mol. The van der Waals surface area contributed by atoms with E-state index < -0.39 is 0 Å². The van der Waals surface area contributed by atoms with Crippen LogP contribution < -0.4 is 5.32 Å². The Bertz CT molecular complexity index is 355. The Morgan fingerprint density at radius 2 is 2.50 bits per heavy atom. The van der Waals surface area contributed by atoms with Crippen molar-refractivity contribution in [3.05, 3.63) is 21.9 Å². The Balaban J connectivity index is 1.69. The summed E-state index contributed by atoms with van der Waals surface area (Å²) in [5.74, 6) is 0. The summed E-state index contributed by atoms with van der Waals surface area (Å²) in [5, 5.41) is 5.85. The van der Waals surface area contributed by atoms with Crippen molar-refractivity contribution in [2.45, 2.75) is 38.3 Å². The first kappa shape index (κ1) is 10.8. The molecule has 0 amide bonds. The molecule has 2 aliphatic heterocycles. The summed E-state index contributed by atoms with van der Waals surface area (Å²) >= 11 is 1.93. The van der Waals surface area contributed by atoms with Gasteiger partial charge in [-0.3, -0.25) is 4.90 Å². The minimum atomic E-state index is 0.623. The second-order valence-corrected chi connectivity index (χ2v) is 6.01. The monoisotopic (exact) mass is 236 g/mol. The molecule has 0 radical (unpaired) electrons. The molecule has 1 fully saturated rings. The Labute approximate surface area is 102 Å². The fourth-order valence-corrected chi connectivity index (χ4v) is 3.97. The zero-order valence-electron chi connectivity index (χ0n) is 9.91. The van der Waals surface area contributed by atoms with E-state index in [9.17, 15) is 0 Å². The smallest absolute Gasteiger partial charge is 0.0331 e. The first-order valence-electron chi connectivity index (χ1n) is 6.38. The molecule has 2 aliphatic rings. The van der Waals surface area contributed by atoms with E-state index in [0.717, 1.165) is 6.04 Å². The molecule has 3 rings (SSSR count). The van der Waals surface area contributed by atoms with Crippen LogP contribution in [-0.4, -0.2) is 30.6 Å². The van der Waals surface area contributed by atoms with Gasteiger partial charge in [-0.2, -0.15) is 0 Å². The van der Waals surface area contributed by atoms with Crippen LogP contribution in [0.2, 0.25) is 0 Å². The maximum absolute atomic E-state index is 3.60. The average molecular weight is 236 g/mol. The lowest BCUT2D eigenvalue weighted by molar-refractivity contribution is 0.183. The van der Waals surface area contributed by atoms with E-state index in [2.05, 4.69) is 28.6 Å². The predicted octanol–water partition coefficient (Wildman–Crippen LogP) is 2.42. The highest BCUT2D eigenvalue weighted by molar-refractivity contribution is 7.10. The highest BCUT2D eigenvalue weighted by atomic mass is 32.1. The third kappa shape index (κ3) is 1.92. The molecule has 2 atom stereocenters. The normalized spacial score (nSPS) is 30.6. The van der Waals surface area contributed by atoms with Crippen molar-refractivity contribution in [2.75, 3.05) is 19.6 Å². The molecule has 1 N–H and O–H groups in total.